The van der Waals surface area contributed by atoms with Gasteiger partial charge in [-0.05, 0) is 49.1 Å². The van der Waals surface area contributed by atoms with E-state index in [1.54, 1.807) is 17.5 Å². The van der Waals surface area contributed by atoms with E-state index in [-0.39, 0.29) is 19.2 Å². The van der Waals surface area contributed by atoms with E-state index < -0.39 is 5.97 Å². The number of esters is 1. The molecule has 6 nitrogen and oxygen atoms in total. The van der Waals surface area contributed by atoms with Crippen molar-refractivity contribution < 1.29 is 23.8 Å². The molecule has 3 heterocycles. The van der Waals surface area contributed by atoms with Crippen molar-refractivity contribution in [3.63, 3.8) is 0 Å². The number of carbonyl (C=O) groups is 2. The lowest BCUT2D eigenvalue weighted by Crippen LogP contribution is -2.14. The predicted molar refractivity (Wildman–Crippen MR) is 105 cm³/mol. The normalized spacial score (nSPS) is 12.2. The Bertz CT molecular complexity index is 1040. The van der Waals surface area contributed by atoms with E-state index >= 15 is 0 Å². The lowest BCUT2D eigenvalue weighted by molar-refractivity contribution is 0.0479. The smallest absolute Gasteiger partial charge is 0.348 e. The molecule has 0 spiro atoms. The number of aryl methyl sites for hydroxylation is 1. The minimum absolute atomic E-state index is 0.213. The standard InChI is InChI=1S/C21H19NO5S/c1-13-8-16(17(23)11-25-21(24)20-4-3-7-28-20)14(2)22(13)10-15-5-6-18-19(9-15)27-12-26-18/h3-9H,10-12H2,1-2H3. The first-order chi connectivity index (χ1) is 13.5. The molecule has 1 aliphatic heterocycles. The van der Waals surface area contributed by atoms with Crippen molar-refractivity contribution in [1.82, 2.24) is 4.57 Å². The zero-order valence-corrected chi connectivity index (χ0v) is 16.4. The summed E-state index contributed by atoms with van der Waals surface area (Å²) in [6.07, 6.45) is 0. The molecule has 0 bridgehead atoms. The van der Waals surface area contributed by atoms with Gasteiger partial charge in [-0.1, -0.05) is 12.1 Å². The third-order valence-electron chi connectivity index (χ3n) is 4.71. The van der Waals surface area contributed by atoms with Crippen LogP contribution in [-0.4, -0.2) is 29.7 Å². The van der Waals surface area contributed by atoms with Crippen LogP contribution in [0.25, 0.3) is 0 Å². The van der Waals surface area contributed by atoms with E-state index in [0.29, 0.717) is 17.0 Å². The monoisotopic (exact) mass is 397 g/mol. The van der Waals surface area contributed by atoms with Crippen LogP contribution < -0.4 is 9.47 Å². The van der Waals surface area contributed by atoms with Crippen molar-refractivity contribution in [3.05, 3.63) is 69.2 Å². The number of carbonyl (C=O) groups excluding carboxylic acids is 2. The average Bonchev–Trinajstić information content (AvgIpc) is 3.42. The van der Waals surface area contributed by atoms with Gasteiger partial charge in [-0.2, -0.15) is 0 Å². The van der Waals surface area contributed by atoms with Crippen LogP contribution in [0.1, 0.15) is 37.0 Å². The van der Waals surface area contributed by atoms with Crippen molar-refractivity contribution in [3.8, 4) is 11.5 Å². The molecule has 0 fully saturated rings. The van der Waals surface area contributed by atoms with Gasteiger partial charge in [-0.15, -0.1) is 11.3 Å². The second-order valence-corrected chi connectivity index (χ2v) is 7.48. The van der Waals surface area contributed by atoms with Crippen molar-refractivity contribution in [2.45, 2.75) is 20.4 Å². The fraction of sp³-hybridized carbons (Fsp3) is 0.238. The van der Waals surface area contributed by atoms with E-state index in [9.17, 15) is 9.59 Å². The maximum absolute atomic E-state index is 12.6. The molecule has 0 amide bonds. The zero-order valence-electron chi connectivity index (χ0n) is 15.6. The summed E-state index contributed by atoms with van der Waals surface area (Å²) in [5.41, 5.74) is 3.42. The Labute approximate surface area is 166 Å². The van der Waals surface area contributed by atoms with E-state index in [1.807, 2.05) is 38.1 Å². The number of hydrogen-bond donors (Lipinski definition) is 0. The van der Waals surface area contributed by atoms with Crippen LogP contribution >= 0.6 is 11.3 Å². The molecule has 0 aliphatic carbocycles. The number of aromatic nitrogens is 1. The molecule has 0 radical (unpaired) electrons. The quantitative estimate of drug-likeness (QED) is 0.465. The van der Waals surface area contributed by atoms with Crippen LogP contribution in [0.4, 0.5) is 0 Å². The lowest BCUT2D eigenvalue weighted by Gasteiger charge is -2.11. The second-order valence-electron chi connectivity index (χ2n) is 6.54. The molecule has 28 heavy (non-hydrogen) atoms. The van der Waals surface area contributed by atoms with Gasteiger partial charge in [0.1, 0.15) is 4.88 Å². The third kappa shape index (κ3) is 3.53. The van der Waals surface area contributed by atoms with E-state index in [2.05, 4.69) is 4.57 Å². The molecule has 1 aliphatic rings. The number of rotatable bonds is 6. The lowest BCUT2D eigenvalue weighted by atomic mass is 10.1. The van der Waals surface area contributed by atoms with Gasteiger partial charge in [-0.25, -0.2) is 4.79 Å². The van der Waals surface area contributed by atoms with Gasteiger partial charge in [0, 0.05) is 23.5 Å². The summed E-state index contributed by atoms with van der Waals surface area (Å²) in [5.74, 6) is 0.789. The molecular formula is C21H19NO5S. The molecule has 4 rings (SSSR count). The molecule has 0 unspecified atom stereocenters. The molecule has 0 saturated heterocycles. The average molecular weight is 397 g/mol. The van der Waals surface area contributed by atoms with Crippen LogP contribution in [0.15, 0.2) is 41.8 Å². The molecule has 0 atom stereocenters. The van der Waals surface area contributed by atoms with Crippen molar-refractivity contribution in [2.24, 2.45) is 0 Å². The number of hydrogen-bond acceptors (Lipinski definition) is 6. The number of benzene rings is 1. The number of fused-ring (bicyclic) bond motifs is 1. The number of Topliss-reactive ketones (excluding diaryl/α,β-unsaturated/α-hetero) is 1. The molecule has 144 valence electrons. The van der Waals surface area contributed by atoms with E-state index in [1.165, 1.54) is 11.3 Å². The molecule has 7 heteroatoms. The molecule has 2 aromatic heterocycles. The Hall–Kier alpha value is -3.06. The molecule has 0 N–H and O–H groups in total. The summed E-state index contributed by atoms with van der Waals surface area (Å²) < 4.78 is 18.0. The highest BCUT2D eigenvalue weighted by Crippen LogP contribution is 2.33. The van der Waals surface area contributed by atoms with E-state index in [0.717, 1.165) is 28.5 Å². The van der Waals surface area contributed by atoms with Crippen molar-refractivity contribution in [2.75, 3.05) is 13.4 Å². The molecule has 3 aromatic rings. The summed E-state index contributed by atoms with van der Waals surface area (Å²) >= 11 is 1.29. The first-order valence-corrected chi connectivity index (χ1v) is 9.70. The van der Waals surface area contributed by atoms with Gasteiger partial charge in [-0.3, -0.25) is 4.79 Å². The van der Waals surface area contributed by atoms with Crippen molar-refractivity contribution >= 4 is 23.1 Å². The topological polar surface area (TPSA) is 66.8 Å². The number of ether oxygens (including phenoxy) is 3. The van der Waals surface area contributed by atoms with Crippen LogP contribution in [0, 0.1) is 13.8 Å². The van der Waals surface area contributed by atoms with Crippen LogP contribution in [0.3, 0.4) is 0 Å². The Morgan fingerprint density at radius 1 is 1.14 bits per heavy atom. The van der Waals surface area contributed by atoms with Gasteiger partial charge >= 0.3 is 5.97 Å². The zero-order chi connectivity index (χ0) is 19.7. The summed E-state index contributed by atoms with van der Waals surface area (Å²) in [7, 11) is 0. The Morgan fingerprint density at radius 3 is 2.75 bits per heavy atom. The number of ketones is 1. The largest absolute Gasteiger partial charge is 0.454 e. The van der Waals surface area contributed by atoms with Gasteiger partial charge in [0.05, 0.1) is 0 Å². The highest BCUT2D eigenvalue weighted by Gasteiger charge is 2.19. The predicted octanol–water partition coefficient (Wildman–Crippen LogP) is 3.98. The van der Waals surface area contributed by atoms with Gasteiger partial charge in [0.25, 0.3) is 0 Å². The maximum Gasteiger partial charge on any atom is 0.348 e. The second kappa shape index (κ2) is 7.52. The molecular weight excluding hydrogens is 378 g/mol. The first-order valence-electron chi connectivity index (χ1n) is 8.82. The van der Waals surface area contributed by atoms with E-state index in [4.69, 9.17) is 14.2 Å². The fourth-order valence-corrected chi connectivity index (χ4v) is 3.84. The number of nitrogens with zero attached hydrogens (tertiary/aromatic N) is 1. The first kappa shape index (κ1) is 18.3. The summed E-state index contributed by atoms with van der Waals surface area (Å²) in [4.78, 5) is 25.0. The fourth-order valence-electron chi connectivity index (χ4n) is 3.22. The van der Waals surface area contributed by atoms with Crippen LogP contribution in [0.5, 0.6) is 11.5 Å². The maximum atomic E-state index is 12.6. The highest BCUT2D eigenvalue weighted by molar-refractivity contribution is 7.11. The minimum Gasteiger partial charge on any atom is -0.454 e. The molecule has 1 aromatic carbocycles. The van der Waals surface area contributed by atoms with Gasteiger partial charge in [0.2, 0.25) is 12.6 Å². The summed E-state index contributed by atoms with van der Waals surface area (Å²) in [5, 5.41) is 1.79. The third-order valence-corrected chi connectivity index (χ3v) is 5.56. The number of thiophene rings is 1. The van der Waals surface area contributed by atoms with Crippen molar-refractivity contribution in [1.29, 1.82) is 0 Å². The molecule has 0 saturated carbocycles. The Balaban J connectivity index is 1.47. The summed E-state index contributed by atoms with van der Waals surface area (Å²) in [6.45, 7) is 4.42. The Morgan fingerprint density at radius 2 is 1.96 bits per heavy atom. The van der Waals surface area contributed by atoms with Crippen LogP contribution in [0.2, 0.25) is 0 Å². The Kier molecular flexibility index (Phi) is 4.92. The van der Waals surface area contributed by atoms with Crippen LogP contribution in [-0.2, 0) is 11.3 Å². The highest BCUT2D eigenvalue weighted by atomic mass is 32.1. The SMILES string of the molecule is Cc1cc(C(=O)COC(=O)c2cccs2)c(C)n1Cc1ccc2c(c1)OCO2. The minimum atomic E-state index is -0.475. The summed E-state index contributed by atoms with van der Waals surface area (Å²) in [6, 6.07) is 11.1. The van der Waals surface area contributed by atoms with Gasteiger partial charge < -0.3 is 18.8 Å². The van der Waals surface area contributed by atoms with Gasteiger partial charge in [0.15, 0.2) is 18.1 Å².